The zero-order valence-electron chi connectivity index (χ0n) is 8.47. The molecule has 0 aliphatic rings. The Morgan fingerprint density at radius 3 is 3.13 bits per heavy atom. The number of rotatable bonds is 4. The fraction of sp³-hybridized carbons (Fsp3) is 0.300. The van der Waals surface area contributed by atoms with E-state index < -0.39 is 0 Å². The second-order valence-corrected chi connectivity index (χ2v) is 3.09. The van der Waals surface area contributed by atoms with Gasteiger partial charge in [-0.25, -0.2) is 0 Å². The summed E-state index contributed by atoms with van der Waals surface area (Å²) < 4.78 is 5.02. The molecule has 5 nitrogen and oxygen atoms in total. The minimum atomic E-state index is 0.454. The smallest absolute Gasteiger partial charge is 0.321 e. The number of hydrogen-bond donors (Lipinski definition) is 1. The highest BCUT2D eigenvalue weighted by Gasteiger charge is 2.06. The molecule has 0 spiro atoms. The number of anilines is 1. The summed E-state index contributed by atoms with van der Waals surface area (Å²) in [5, 5.41) is 6.87. The Bertz CT molecular complexity index is 412. The van der Waals surface area contributed by atoms with Crippen molar-refractivity contribution in [2.24, 2.45) is 0 Å². The molecule has 0 aliphatic carbocycles. The summed E-state index contributed by atoms with van der Waals surface area (Å²) in [6.45, 7) is 2.90. The Balaban J connectivity index is 2.14. The van der Waals surface area contributed by atoms with E-state index in [9.17, 15) is 0 Å². The fourth-order valence-electron chi connectivity index (χ4n) is 1.14. The van der Waals surface area contributed by atoms with Crippen LogP contribution in [0.2, 0.25) is 0 Å². The summed E-state index contributed by atoms with van der Waals surface area (Å²) in [4.78, 5) is 8.18. The zero-order chi connectivity index (χ0) is 10.5. The van der Waals surface area contributed by atoms with Gasteiger partial charge in [0.2, 0.25) is 5.82 Å². The van der Waals surface area contributed by atoms with Gasteiger partial charge in [-0.2, -0.15) is 4.98 Å². The summed E-state index contributed by atoms with van der Waals surface area (Å²) in [6, 6.07) is 4.18. The third kappa shape index (κ3) is 2.31. The second-order valence-electron chi connectivity index (χ2n) is 3.09. The predicted molar refractivity (Wildman–Crippen MR) is 56.3 cm³/mol. The highest BCUT2D eigenvalue weighted by Crippen LogP contribution is 2.15. The molecule has 0 saturated carbocycles. The molecule has 1 N–H and O–H groups in total. The molecular formula is C10H12N4O. The minimum Gasteiger partial charge on any atom is -0.338 e. The van der Waals surface area contributed by atoms with Crippen molar-refractivity contribution >= 4 is 6.01 Å². The molecule has 2 rings (SSSR count). The maximum atomic E-state index is 5.02. The van der Waals surface area contributed by atoms with E-state index in [0.29, 0.717) is 11.8 Å². The minimum absolute atomic E-state index is 0.454. The Labute approximate surface area is 87.5 Å². The largest absolute Gasteiger partial charge is 0.338 e. The normalized spacial score (nSPS) is 10.2. The molecule has 0 aliphatic heterocycles. The molecule has 78 valence electrons. The first-order valence-electron chi connectivity index (χ1n) is 4.88. The van der Waals surface area contributed by atoms with Gasteiger partial charge in [-0.1, -0.05) is 12.1 Å². The average molecular weight is 204 g/mol. The molecule has 0 atom stereocenters. The second kappa shape index (κ2) is 4.54. The van der Waals surface area contributed by atoms with Gasteiger partial charge >= 0.3 is 6.01 Å². The molecule has 0 bridgehead atoms. The van der Waals surface area contributed by atoms with Gasteiger partial charge in [0, 0.05) is 24.5 Å². The third-order valence-electron chi connectivity index (χ3n) is 1.87. The van der Waals surface area contributed by atoms with Crippen molar-refractivity contribution in [1.29, 1.82) is 0 Å². The molecule has 2 heterocycles. The fourth-order valence-corrected chi connectivity index (χ4v) is 1.14. The van der Waals surface area contributed by atoms with E-state index in [1.165, 1.54) is 0 Å². The quantitative estimate of drug-likeness (QED) is 0.824. The highest BCUT2D eigenvalue weighted by molar-refractivity contribution is 5.53. The van der Waals surface area contributed by atoms with Crippen molar-refractivity contribution in [2.75, 3.05) is 11.9 Å². The number of hydrogen-bond acceptors (Lipinski definition) is 5. The maximum Gasteiger partial charge on any atom is 0.321 e. The van der Waals surface area contributed by atoms with Gasteiger partial charge in [0.05, 0.1) is 0 Å². The molecule has 0 radical (unpaired) electrons. The van der Waals surface area contributed by atoms with Gasteiger partial charge in [-0.15, -0.1) is 0 Å². The number of aromatic nitrogens is 3. The van der Waals surface area contributed by atoms with Crippen molar-refractivity contribution in [3.8, 4) is 11.4 Å². The molecule has 0 aromatic carbocycles. The van der Waals surface area contributed by atoms with Gasteiger partial charge < -0.3 is 9.84 Å². The first kappa shape index (κ1) is 9.64. The lowest BCUT2D eigenvalue weighted by Gasteiger charge is -1.94. The van der Waals surface area contributed by atoms with E-state index >= 15 is 0 Å². The molecule has 0 fully saturated rings. The van der Waals surface area contributed by atoms with E-state index in [4.69, 9.17) is 4.52 Å². The summed E-state index contributed by atoms with van der Waals surface area (Å²) in [6.07, 6.45) is 4.43. The zero-order valence-corrected chi connectivity index (χ0v) is 8.47. The van der Waals surface area contributed by atoms with Crippen LogP contribution in [0, 0.1) is 0 Å². The third-order valence-corrected chi connectivity index (χ3v) is 1.87. The summed E-state index contributed by atoms with van der Waals surface area (Å²) in [7, 11) is 0. The van der Waals surface area contributed by atoms with Gasteiger partial charge in [-0.05, 0) is 18.6 Å². The molecule has 0 unspecified atom stereocenters. The Kier molecular flexibility index (Phi) is 2.92. The van der Waals surface area contributed by atoms with E-state index in [-0.39, 0.29) is 0 Å². The van der Waals surface area contributed by atoms with Gasteiger partial charge in [0.25, 0.3) is 0 Å². The Morgan fingerprint density at radius 1 is 1.47 bits per heavy atom. The number of nitrogens with one attached hydrogen (secondary N) is 1. The van der Waals surface area contributed by atoms with Crippen LogP contribution in [0.4, 0.5) is 6.01 Å². The molecule has 15 heavy (non-hydrogen) atoms. The lowest BCUT2D eigenvalue weighted by Crippen LogP contribution is -1.99. The molecule has 2 aromatic heterocycles. The molecular weight excluding hydrogens is 192 g/mol. The van der Waals surface area contributed by atoms with Crippen LogP contribution in [0.15, 0.2) is 29.0 Å². The molecule has 0 amide bonds. The van der Waals surface area contributed by atoms with Crippen LogP contribution in [0.25, 0.3) is 11.4 Å². The van der Waals surface area contributed by atoms with E-state index in [2.05, 4.69) is 27.4 Å². The molecule has 5 heteroatoms. The van der Waals surface area contributed by atoms with Crippen LogP contribution in [-0.4, -0.2) is 21.7 Å². The molecule has 0 saturated heterocycles. The van der Waals surface area contributed by atoms with Crippen LogP contribution >= 0.6 is 0 Å². The maximum absolute atomic E-state index is 5.02. The Morgan fingerprint density at radius 2 is 2.40 bits per heavy atom. The first-order valence-corrected chi connectivity index (χ1v) is 4.88. The highest BCUT2D eigenvalue weighted by atomic mass is 16.5. The van der Waals surface area contributed by atoms with Gasteiger partial charge in [0.15, 0.2) is 0 Å². The summed E-state index contributed by atoms with van der Waals surface area (Å²) in [5.41, 5.74) is 0.853. The van der Waals surface area contributed by atoms with E-state index in [1.807, 2.05) is 12.1 Å². The molecule has 2 aromatic rings. The van der Waals surface area contributed by atoms with Crippen molar-refractivity contribution in [3.63, 3.8) is 0 Å². The predicted octanol–water partition coefficient (Wildman–Crippen LogP) is 1.95. The van der Waals surface area contributed by atoms with Crippen LogP contribution < -0.4 is 5.32 Å². The topological polar surface area (TPSA) is 63.8 Å². The van der Waals surface area contributed by atoms with Crippen LogP contribution in [0.5, 0.6) is 0 Å². The van der Waals surface area contributed by atoms with Crippen LogP contribution in [0.1, 0.15) is 13.3 Å². The average Bonchev–Trinajstić information content (AvgIpc) is 2.76. The van der Waals surface area contributed by atoms with Gasteiger partial charge in [0.1, 0.15) is 0 Å². The van der Waals surface area contributed by atoms with Crippen LogP contribution in [0.3, 0.4) is 0 Å². The van der Waals surface area contributed by atoms with Crippen molar-refractivity contribution in [2.45, 2.75) is 13.3 Å². The van der Waals surface area contributed by atoms with Gasteiger partial charge in [-0.3, -0.25) is 4.98 Å². The first-order chi connectivity index (χ1) is 7.40. The monoisotopic (exact) mass is 204 g/mol. The number of pyridine rings is 1. The lowest BCUT2D eigenvalue weighted by molar-refractivity contribution is 0.432. The summed E-state index contributed by atoms with van der Waals surface area (Å²) >= 11 is 0. The summed E-state index contributed by atoms with van der Waals surface area (Å²) in [5.74, 6) is 0.557. The van der Waals surface area contributed by atoms with E-state index in [0.717, 1.165) is 18.5 Å². The van der Waals surface area contributed by atoms with Crippen molar-refractivity contribution < 1.29 is 4.52 Å². The SMILES string of the molecule is CCCNc1nc(-c2cccnc2)no1. The van der Waals surface area contributed by atoms with E-state index in [1.54, 1.807) is 12.4 Å². The number of nitrogens with zero attached hydrogens (tertiary/aromatic N) is 3. The lowest BCUT2D eigenvalue weighted by atomic mass is 10.3. The Hall–Kier alpha value is -1.91. The van der Waals surface area contributed by atoms with Crippen molar-refractivity contribution in [1.82, 2.24) is 15.1 Å². The van der Waals surface area contributed by atoms with Crippen LogP contribution in [-0.2, 0) is 0 Å². The van der Waals surface area contributed by atoms with Crippen molar-refractivity contribution in [3.05, 3.63) is 24.5 Å². The standard InChI is InChI=1S/C10H12N4O/c1-2-5-12-10-13-9(14-15-10)8-4-3-6-11-7-8/h3-4,6-7H,2,5H2,1H3,(H,12,13,14).